The maximum Gasteiger partial charge on any atom is 0.347 e. The summed E-state index contributed by atoms with van der Waals surface area (Å²) in [5, 5.41) is 0.261. The van der Waals surface area contributed by atoms with Crippen LogP contribution in [-0.2, 0) is 0 Å². The molecule has 0 unspecified atom stereocenters. The quantitative estimate of drug-likeness (QED) is 0.737. The molecule has 0 atom stereocenters. The number of carbonyl (C=O) groups excluding carboxylic acids is 1. The Morgan fingerprint density at radius 2 is 2.13 bits per heavy atom. The van der Waals surface area contributed by atoms with Gasteiger partial charge in [-0.2, -0.15) is 0 Å². The van der Waals surface area contributed by atoms with Crippen molar-refractivity contribution < 1.29 is 13.6 Å². The average molecular weight is 207 g/mol. The predicted octanol–water partition coefficient (Wildman–Crippen LogP) is 0.836. The van der Waals surface area contributed by atoms with E-state index in [0.29, 0.717) is 11.3 Å². The van der Waals surface area contributed by atoms with Crippen molar-refractivity contribution >= 4 is 16.8 Å². The lowest BCUT2D eigenvalue weighted by Crippen LogP contribution is -2.12. The third-order valence-electron chi connectivity index (χ3n) is 2.03. The molecular formula is C10H9NO4. The zero-order valence-corrected chi connectivity index (χ0v) is 8.07. The van der Waals surface area contributed by atoms with E-state index in [-0.39, 0.29) is 23.5 Å². The lowest BCUT2D eigenvalue weighted by atomic mass is 10.2. The van der Waals surface area contributed by atoms with Crippen LogP contribution in [0.15, 0.2) is 25.8 Å². The number of fused-ring (bicyclic) bond motifs is 1. The molecule has 0 aliphatic carbocycles. The van der Waals surface area contributed by atoms with Gasteiger partial charge >= 0.3 is 5.63 Å². The van der Waals surface area contributed by atoms with E-state index in [1.165, 1.54) is 6.07 Å². The molecule has 0 aliphatic heterocycles. The lowest BCUT2D eigenvalue weighted by molar-refractivity contribution is 0.0977. The van der Waals surface area contributed by atoms with E-state index in [1.807, 2.05) is 0 Å². The zero-order chi connectivity index (χ0) is 11.0. The van der Waals surface area contributed by atoms with Gasteiger partial charge in [-0.25, -0.2) is 4.79 Å². The van der Waals surface area contributed by atoms with E-state index < -0.39 is 5.63 Å². The third kappa shape index (κ3) is 1.57. The van der Waals surface area contributed by atoms with E-state index in [2.05, 4.69) is 0 Å². The molecular weight excluding hydrogens is 198 g/mol. The normalized spacial score (nSPS) is 10.8. The van der Waals surface area contributed by atoms with Gasteiger partial charge in [0.25, 0.3) is 0 Å². The van der Waals surface area contributed by atoms with Crippen LogP contribution in [0.25, 0.3) is 11.0 Å². The molecule has 2 heterocycles. The van der Waals surface area contributed by atoms with Crippen molar-refractivity contribution in [1.29, 1.82) is 0 Å². The zero-order valence-electron chi connectivity index (χ0n) is 8.07. The van der Waals surface area contributed by atoms with E-state index in [9.17, 15) is 9.59 Å². The first kappa shape index (κ1) is 9.67. The Hall–Kier alpha value is -1.88. The molecule has 0 radical (unpaired) electrons. The standard InChI is InChI=1S/C10H9NO4/c1-5-2-8-6(10(13)14-5)3-9(15-8)7(12)4-11/h2-3H,4,11H2,1H3. The molecule has 0 spiro atoms. The summed E-state index contributed by atoms with van der Waals surface area (Å²) in [6.07, 6.45) is 0. The van der Waals surface area contributed by atoms with Crippen LogP contribution in [0.5, 0.6) is 0 Å². The summed E-state index contributed by atoms with van der Waals surface area (Å²) in [4.78, 5) is 22.6. The second-order valence-electron chi connectivity index (χ2n) is 3.16. The van der Waals surface area contributed by atoms with Gasteiger partial charge in [0.05, 0.1) is 6.54 Å². The number of hydrogen-bond acceptors (Lipinski definition) is 5. The van der Waals surface area contributed by atoms with Crippen molar-refractivity contribution in [2.75, 3.05) is 6.54 Å². The van der Waals surface area contributed by atoms with Crippen molar-refractivity contribution in [2.24, 2.45) is 5.73 Å². The van der Waals surface area contributed by atoms with Crippen LogP contribution >= 0.6 is 0 Å². The Bertz CT molecular complexity index is 579. The first-order valence-electron chi connectivity index (χ1n) is 4.39. The van der Waals surface area contributed by atoms with Gasteiger partial charge in [-0.15, -0.1) is 0 Å². The summed E-state index contributed by atoms with van der Waals surface area (Å²) in [6.45, 7) is 1.48. The fraction of sp³-hybridized carbons (Fsp3) is 0.200. The second-order valence-corrected chi connectivity index (χ2v) is 3.16. The Morgan fingerprint density at radius 3 is 2.80 bits per heavy atom. The van der Waals surface area contributed by atoms with E-state index in [1.54, 1.807) is 13.0 Å². The molecule has 0 bridgehead atoms. The predicted molar refractivity (Wildman–Crippen MR) is 52.9 cm³/mol. The van der Waals surface area contributed by atoms with E-state index >= 15 is 0 Å². The molecule has 0 aromatic carbocycles. The molecule has 2 N–H and O–H groups in total. The maximum atomic E-state index is 11.4. The number of carbonyl (C=O) groups is 1. The van der Waals surface area contributed by atoms with Crippen LogP contribution in [0.4, 0.5) is 0 Å². The largest absolute Gasteiger partial charge is 0.452 e. The molecule has 2 aromatic heterocycles. The molecule has 2 rings (SSSR count). The Morgan fingerprint density at radius 1 is 1.40 bits per heavy atom. The number of ketones is 1. The first-order valence-corrected chi connectivity index (χ1v) is 4.39. The molecule has 0 amide bonds. The molecule has 15 heavy (non-hydrogen) atoms. The van der Waals surface area contributed by atoms with Crippen molar-refractivity contribution in [3.8, 4) is 0 Å². The summed E-state index contributed by atoms with van der Waals surface area (Å²) in [7, 11) is 0. The van der Waals surface area contributed by atoms with Crippen molar-refractivity contribution in [3.05, 3.63) is 34.1 Å². The average Bonchev–Trinajstić information content (AvgIpc) is 2.60. The molecule has 0 saturated heterocycles. The van der Waals surface area contributed by atoms with E-state index in [0.717, 1.165) is 0 Å². The van der Waals surface area contributed by atoms with E-state index in [4.69, 9.17) is 14.6 Å². The monoisotopic (exact) mass is 207 g/mol. The minimum absolute atomic E-state index is 0.0883. The molecule has 0 fully saturated rings. The number of Topliss-reactive ketones (excluding diaryl/α,β-unsaturated/α-hetero) is 1. The lowest BCUT2D eigenvalue weighted by Gasteiger charge is -1.89. The summed E-state index contributed by atoms with van der Waals surface area (Å²) < 4.78 is 10.1. The van der Waals surface area contributed by atoms with Gasteiger partial charge in [0.2, 0.25) is 5.78 Å². The highest BCUT2D eigenvalue weighted by atomic mass is 16.4. The number of aryl methyl sites for hydroxylation is 1. The smallest absolute Gasteiger partial charge is 0.347 e. The molecule has 78 valence electrons. The van der Waals surface area contributed by atoms with Gasteiger partial charge in [0, 0.05) is 12.1 Å². The Labute approximate surface area is 84.5 Å². The van der Waals surface area contributed by atoms with Crippen LogP contribution in [0, 0.1) is 6.92 Å². The van der Waals surface area contributed by atoms with Crippen LogP contribution < -0.4 is 11.4 Å². The molecule has 2 aromatic rings. The molecule has 5 heteroatoms. The highest BCUT2D eigenvalue weighted by molar-refractivity contribution is 5.98. The first-order chi connectivity index (χ1) is 7.11. The molecule has 5 nitrogen and oxygen atoms in total. The van der Waals surface area contributed by atoms with Gasteiger partial charge in [0.15, 0.2) is 5.76 Å². The Kier molecular flexibility index (Phi) is 2.17. The van der Waals surface area contributed by atoms with Crippen LogP contribution in [-0.4, -0.2) is 12.3 Å². The summed E-state index contributed by atoms with van der Waals surface area (Å²) in [6, 6.07) is 2.92. The van der Waals surface area contributed by atoms with Gasteiger partial charge < -0.3 is 14.6 Å². The number of hydrogen-bond donors (Lipinski definition) is 1. The minimum Gasteiger partial charge on any atom is -0.452 e. The van der Waals surface area contributed by atoms with Gasteiger partial charge in [-0.05, 0) is 6.92 Å². The van der Waals surface area contributed by atoms with Crippen molar-refractivity contribution in [3.63, 3.8) is 0 Å². The number of furan rings is 1. The summed E-state index contributed by atoms with van der Waals surface area (Å²) in [5.74, 6) is 0.183. The van der Waals surface area contributed by atoms with Gasteiger partial charge in [-0.1, -0.05) is 0 Å². The minimum atomic E-state index is -0.509. The SMILES string of the molecule is Cc1cc2oc(C(=O)CN)cc2c(=O)o1. The number of nitrogens with two attached hydrogens (primary N) is 1. The fourth-order valence-corrected chi connectivity index (χ4v) is 1.33. The van der Waals surface area contributed by atoms with Crippen molar-refractivity contribution in [1.82, 2.24) is 0 Å². The highest BCUT2D eigenvalue weighted by Crippen LogP contribution is 2.17. The molecule has 0 saturated carbocycles. The summed E-state index contributed by atoms with van der Waals surface area (Å²) >= 11 is 0. The molecule has 0 aliphatic rings. The topological polar surface area (TPSA) is 86.4 Å². The van der Waals surface area contributed by atoms with Crippen LogP contribution in [0.1, 0.15) is 16.3 Å². The Balaban J connectivity index is 2.71. The fourth-order valence-electron chi connectivity index (χ4n) is 1.33. The summed E-state index contributed by atoms with van der Waals surface area (Å²) in [5.41, 5.74) is 5.02. The second kappa shape index (κ2) is 3.36. The number of rotatable bonds is 2. The van der Waals surface area contributed by atoms with Crippen LogP contribution in [0.2, 0.25) is 0 Å². The van der Waals surface area contributed by atoms with Gasteiger partial charge in [-0.3, -0.25) is 4.79 Å². The van der Waals surface area contributed by atoms with Crippen LogP contribution in [0.3, 0.4) is 0 Å². The third-order valence-corrected chi connectivity index (χ3v) is 2.03. The van der Waals surface area contributed by atoms with Gasteiger partial charge in [0.1, 0.15) is 16.7 Å². The highest BCUT2D eigenvalue weighted by Gasteiger charge is 2.13. The van der Waals surface area contributed by atoms with Crippen molar-refractivity contribution in [2.45, 2.75) is 6.92 Å². The maximum absolute atomic E-state index is 11.4.